The second-order valence-electron chi connectivity index (χ2n) is 7.38. The van der Waals surface area contributed by atoms with E-state index in [0.29, 0.717) is 33.4 Å². The molecule has 9 heteroatoms. The predicted molar refractivity (Wildman–Crippen MR) is 118 cm³/mol. The Morgan fingerprint density at radius 3 is 2.47 bits per heavy atom. The molecule has 0 aromatic heterocycles. The highest BCUT2D eigenvalue weighted by molar-refractivity contribution is 6.42. The number of nitrogens with zero attached hydrogens (tertiary/aromatic N) is 3. The van der Waals surface area contributed by atoms with Gasteiger partial charge >= 0.3 is 12.0 Å². The summed E-state index contributed by atoms with van der Waals surface area (Å²) in [6.45, 7) is 9.28. The number of esters is 1. The number of hydrogen-bond acceptors (Lipinski definition) is 5. The van der Waals surface area contributed by atoms with Gasteiger partial charge in [-0.15, -0.1) is 0 Å². The van der Waals surface area contributed by atoms with E-state index in [9.17, 15) is 9.59 Å². The van der Waals surface area contributed by atoms with Crippen LogP contribution in [-0.4, -0.2) is 79.6 Å². The minimum atomic E-state index is -0.731. The summed E-state index contributed by atoms with van der Waals surface area (Å²) >= 11 is 12.6. The predicted octanol–water partition coefficient (Wildman–Crippen LogP) is 3.14. The first-order valence-corrected chi connectivity index (χ1v) is 11.0. The summed E-state index contributed by atoms with van der Waals surface area (Å²) in [6.07, 6.45) is 0. The lowest BCUT2D eigenvalue weighted by atomic mass is 9.94. The molecular formula is C21H28Cl2N4O3. The summed E-state index contributed by atoms with van der Waals surface area (Å²) in [5, 5.41) is 3.56. The molecule has 1 saturated heterocycles. The second-order valence-corrected chi connectivity index (χ2v) is 8.16. The molecule has 2 amide bonds. The fourth-order valence-corrected chi connectivity index (χ4v) is 4.27. The van der Waals surface area contributed by atoms with Crippen molar-refractivity contribution in [2.24, 2.45) is 0 Å². The van der Waals surface area contributed by atoms with Gasteiger partial charge in [0.1, 0.15) is 0 Å². The Morgan fingerprint density at radius 1 is 1.17 bits per heavy atom. The zero-order valence-electron chi connectivity index (χ0n) is 17.6. The van der Waals surface area contributed by atoms with Crippen LogP contribution in [0.1, 0.15) is 25.5 Å². The molecule has 0 radical (unpaired) electrons. The van der Waals surface area contributed by atoms with Gasteiger partial charge in [0.15, 0.2) is 0 Å². The normalized spacial score (nSPS) is 21.0. The number of carbonyl (C=O) groups is 2. The van der Waals surface area contributed by atoms with E-state index in [1.807, 2.05) is 0 Å². The van der Waals surface area contributed by atoms with Gasteiger partial charge < -0.3 is 15.0 Å². The lowest BCUT2D eigenvalue weighted by Gasteiger charge is -2.39. The molecule has 1 N–H and O–H groups in total. The standard InChI is InChI=1S/C21H28Cl2N4O3/c1-4-26-9-11-27(12-10-26)13-16-17(20(28)30-5-2)19(24-21(29)25(16)3)14-7-6-8-15(22)18(14)23/h6-8,19H,4-5,9-13H2,1-3H3,(H,24,29)/t19-/m0/s1. The molecule has 1 atom stereocenters. The van der Waals surface area contributed by atoms with Crippen LogP contribution >= 0.6 is 23.2 Å². The molecule has 2 aliphatic heterocycles. The maximum absolute atomic E-state index is 13.0. The molecule has 0 aliphatic carbocycles. The number of hydrogen-bond donors (Lipinski definition) is 1. The number of ether oxygens (including phenoxy) is 1. The van der Waals surface area contributed by atoms with Gasteiger partial charge in [0, 0.05) is 45.5 Å². The molecule has 7 nitrogen and oxygen atoms in total. The van der Waals surface area contributed by atoms with E-state index in [-0.39, 0.29) is 12.6 Å². The third-order valence-electron chi connectivity index (χ3n) is 5.65. The molecule has 2 heterocycles. The zero-order chi connectivity index (χ0) is 21.8. The van der Waals surface area contributed by atoms with Crippen LogP contribution in [0.25, 0.3) is 0 Å². The minimum Gasteiger partial charge on any atom is -0.463 e. The van der Waals surface area contributed by atoms with Crippen LogP contribution in [0.5, 0.6) is 0 Å². The largest absolute Gasteiger partial charge is 0.463 e. The number of benzene rings is 1. The van der Waals surface area contributed by atoms with Crippen LogP contribution in [0, 0.1) is 0 Å². The Morgan fingerprint density at radius 2 is 1.83 bits per heavy atom. The second kappa shape index (κ2) is 10.0. The average Bonchev–Trinajstić information content (AvgIpc) is 2.74. The van der Waals surface area contributed by atoms with Gasteiger partial charge in [0.2, 0.25) is 0 Å². The van der Waals surface area contributed by atoms with E-state index in [4.69, 9.17) is 27.9 Å². The van der Waals surface area contributed by atoms with Crippen LogP contribution in [0.3, 0.4) is 0 Å². The molecular weight excluding hydrogens is 427 g/mol. The highest BCUT2D eigenvalue weighted by atomic mass is 35.5. The Hall–Kier alpha value is -1.80. The quantitative estimate of drug-likeness (QED) is 0.668. The molecule has 164 valence electrons. The Bertz CT molecular complexity index is 838. The summed E-state index contributed by atoms with van der Waals surface area (Å²) in [4.78, 5) is 31.9. The van der Waals surface area contributed by atoms with Gasteiger partial charge in [0.25, 0.3) is 0 Å². The fraction of sp³-hybridized carbons (Fsp3) is 0.524. The molecule has 1 aromatic carbocycles. The molecule has 0 spiro atoms. The van der Waals surface area contributed by atoms with Crippen molar-refractivity contribution < 1.29 is 14.3 Å². The van der Waals surface area contributed by atoms with E-state index in [0.717, 1.165) is 32.7 Å². The van der Waals surface area contributed by atoms with Gasteiger partial charge in [-0.3, -0.25) is 9.80 Å². The number of halogens is 2. The van der Waals surface area contributed by atoms with E-state index in [1.165, 1.54) is 4.90 Å². The molecule has 0 unspecified atom stereocenters. The molecule has 0 saturated carbocycles. The van der Waals surface area contributed by atoms with Crippen molar-refractivity contribution in [1.82, 2.24) is 20.0 Å². The molecule has 1 fully saturated rings. The summed E-state index contributed by atoms with van der Waals surface area (Å²) in [7, 11) is 1.67. The molecule has 30 heavy (non-hydrogen) atoms. The molecule has 3 rings (SSSR count). The van der Waals surface area contributed by atoms with Crippen molar-refractivity contribution in [3.8, 4) is 0 Å². The summed E-state index contributed by atoms with van der Waals surface area (Å²) in [6, 6.07) is 4.16. The maximum atomic E-state index is 13.0. The van der Waals surface area contributed by atoms with Gasteiger partial charge in [-0.2, -0.15) is 0 Å². The first kappa shape index (κ1) is 22.9. The lowest BCUT2D eigenvalue weighted by molar-refractivity contribution is -0.139. The van der Waals surface area contributed by atoms with Crippen LogP contribution in [-0.2, 0) is 9.53 Å². The van der Waals surface area contributed by atoms with Gasteiger partial charge in [0.05, 0.1) is 28.3 Å². The highest BCUT2D eigenvalue weighted by Crippen LogP contribution is 2.37. The van der Waals surface area contributed by atoms with E-state index >= 15 is 0 Å². The topological polar surface area (TPSA) is 65.1 Å². The Kier molecular flexibility index (Phi) is 7.63. The first-order valence-electron chi connectivity index (χ1n) is 10.2. The van der Waals surface area contributed by atoms with Crippen molar-refractivity contribution >= 4 is 35.2 Å². The third kappa shape index (κ3) is 4.75. The van der Waals surface area contributed by atoms with E-state index in [2.05, 4.69) is 22.0 Å². The molecule has 1 aromatic rings. The smallest absolute Gasteiger partial charge is 0.338 e. The number of carbonyl (C=O) groups excluding carboxylic acids is 2. The van der Waals surface area contributed by atoms with Gasteiger partial charge in [-0.1, -0.05) is 42.3 Å². The van der Waals surface area contributed by atoms with Crippen LogP contribution in [0.15, 0.2) is 29.5 Å². The summed E-state index contributed by atoms with van der Waals surface area (Å²) < 4.78 is 5.36. The van der Waals surface area contributed by atoms with Crippen molar-refractivity contribution in [2.45, 2.75) is 19.9 Å². The van der Waals surface area contributed by atoms with Crippen LogP contribution in [0.2, 0.25) is 10.0 Å². The van der Waals surface area contributed by atoms with Crippen molar-refractivity contribution in [3.63, 3.8) is 0 Å². The lowest BCUT2D eigenvalue weighted by Crippen LogP contribution is -2.52. The first-order chi connectivity index (χ1) is 14.4. The van der Waals surface area contributed by atoms with Crippen molar-refractivity contribution in [2.75, 3.05) is 52.9 Å². The summed E-state index contributed by atoms with van der Waals surface area (Å²) in [5.74, 6) is -0.465. The number of likely N-dealkylation sites (N-methyl/N-ethyl adjacent to an activating group) is 2. The van der Waals surface area contributed by atoms with Crippen LogP contribution in [0.4, 0.5) is 4.79 Å². The minimum absolute atomic E-state index is 0.235. The van der Waals surface area contributed by atoms with E-state index in [1.54, 1.807) is 32.2 Å². The van der Waals surface area contributed by atoms with Crippen molar-refractivity contribution in [1.29, 1.82) is 0 Å². The fourth-order valence-electron chi connectivity index (χ4n) is 3.85. The summed E-state index contributed by atoms with van der Waals surface area (Å²) in [5.41, 5.74) is 1.59. The Balaban J connectivity index is 2.02. The molecule has 2 aliphatic rings. The average molecular weight is 455 g/mol. The highest BCUT2D eigenvalue weighted by Gasteiger charge is 2.38. The van der Waals surface area contributed by atoms with Crippen LogP contribution < -0.4 is 5.32 Å². The Labute approximate surface area is 187 Å². The van der Waals surface area contributed by atoms with Gasteiger partial charge in [-0.05, 0) is 25.1 Å². The number of rotatable bonds is 6. The van der Waals surface area contributed by atoms with E-state index < -0.39 is 12.0 Å². The number of urea groups is 1. The SMILES string of the molecule is CCOC(=O)C1=C(CN2CCN(CC)CC2)N(C)C(=O)N[C@H]1c1cccc(Cl)c1Cl. The third-order valence-corrected chi connectivity index (χ3v) is 6.48. The van der Waals surface area contributed by atoms with Crippen molar-refractivity contribution in [3.05, 3.63) is 45.1 Å². The monoisotopic (exact) mass is 454 g/mol. The maximum Gasteiger partial charge on any atom is 0.338 e. The van der Waals surface area contributed by atoms with Gasteiger partial charge in [-0.25, -0.2) is 9.59 Å². The number of piperazine rings is 1. The molecule has 0 bridgehead atoms. The zero-order valence-corrected chi connectivity index (χ0v) is 19.1. The number of amides is 2. The number of nitrogens with one attached hydrogen (secondary N) is 1.